The Morgan fingerprint density at radius 2 is 1.86 bits per heavy atom. The zero-order valence-electron chi connectivity index (χ0n) is 11.1. The molecular weight excluding hydrogens is 286 g/mol. The molecule has 0 aliphatic carbocycles. The molecule has 0 saturated carbocycles. The van der Waals surface area contributed by atoms with Crippen molar-refractivity contribution in [2.24, 2.45) is 0 Å². The molecule has 106 valence electrons. The highest BCUT2D eigenvalue weighted by molar-refractivity contribution is 7.90. The zero-order chi connectivity index (χ0) is 14.9. The Labute approximate surface area is 122 Å². The fourth-order valence-corrected chi connectivity index (χ4v) is 3.72. The maximum absolute atomic E-state index is 12.5. The minimum Gasteiger partial charge on any atom is -0.396 e. The number of para-hydroxylation sites is 1. The average Bonchev–Trinajstić information content (AvgIpc) is 2.47. The first kappa shape index (κ1) is 13.5. The van der Waals surface area contributed by atoms with Gasteiger partial charge in [-0.25, -0.2) is 8.42 Å². The Morgan fingerprint density at radius 1 is 1.05 bits per heavy atom. The van der Waals surface area contributed by atoms with E-state index in [9.17, 15) is 8.42 Å². The van der Waals surface area contributed by atoms with E-state index in [2.05, 4.69) is 9.97 Å². The second-order valence-corrected chi connectivity index (χ2v) is 6.62. The van der Waals surface area contributed by atoms with Gasteiger partial charge in [-0.15, -0.1) is 0 Å². The second kappa shape index (κ2) is 5.14. The van der Waals surface area contributed by atoms with Gasteiger partial charge in [0, 0.05) is 17.8 Å². The molecule has 1 aromatic carbocycles. The zero-order valence-corrected chi connectivity index (χ0v) is 11.9. The van der Waals surface area contributed by atoms with Crippen molar-refractivity contribution in [2.75, 3.05) is 5.73 Å². The van der Waals surface area contributed by atoms with Crippen LogP contribution in [0.15, 0.2) is 59.9 Å². The minimum atomic E-state index is -3.54. The summed E-state index contributed by atoms with van der Waals surface area (Å²) in [5.41, 5.74) is 7.22. The van der Waals surface area contributed by atoms with Crippen molar-refractivity contribution >= 4 is 26.4 Å². The molecule has 0 fully saturated rings. The van der Waals surface area contributed by atoms with E-state index in [1.54, 1.807) is 12.3 Å². The standard InChI is InChI=1S/C15H13N3O2S/c16-13-9-17-8-6-14(13)21(19,20)10-12-4-1-3-11-5-2-7-18-15(11)12/h1-9H,10,16H2. The van der Waals surface area contributed by atoms with Crippen LogP contribution < -0.4 is 5.73 Å². The van der Waals surface area contributed by atoms with Crippen molar-refractivity contribution < 1.29 is 8.42 Å². The molecule has 3 aromatic rings. The molecule has 2 aromatic heterocycles. The molecule has 0 aliphatic heterocycles. The molecule has 0 aliphatic rings. The maximum atomic E-state index is 12.5. The molecule has 0 spiro atoms. The van der Waals surface area contributed by atoms with Crippen LogP contribution >= 0.6 is 0 Å². The smallest absolute Gasteiger partial charge is 0.184 e. The number of nitrogens with two attached hydrogens (primary N) is 1. The van der Waals surface area contributed by atoms with E-state index in [4.69, 9.17) is 5.73 Å². The molecule has 5 nitrogen and oxygen atoms in total. The molecule has 2 heterocycles. The van der Waals surface area contributed by atoms with E-state index in [1.807, 2.05) is 24.3 Å². The van der Waals surface area contributed by atoms with Crippen molar-refractivity contribution in [1.82, 2.24) is 9.97 Å². The van der Waals surface area contributed by atoms with Crippen molar-refractivity contribution in [3.05, 3.63) is 60.6 Å². The Morgan fingerprint density at radius 3 is 2.67 bits per heavy atom. The van der Waals surface area contributed by atoms with Gasteiger partial charge in [0.2, 0.25) is 0 Å². The van der Waals surface area contributed by atoms with Gasteiger partial charge in [-0.05, 0) is 17.7 Å². The lowest BCUT2D eigenvalue weighted by Gasteiger charge is -2.08. The molecule has 21 heavy (non-hydrogen) atoms. The van der Waals surface area contributed by atoms with Crippen LogP contribution in [-0.2, 0) is 15.6 Å². The summed E-state index contributed by atoms with van der Waals surface area (Å²) in [4.78, 5) is 8.19. The number of sulfone groups is 1. The first-order chi connectivity index (χ1) is 10.1. The van der Waals surface area contributed by atoms with Crippen LogP contribution in [0, 0.1) is 0 Å². The number of benzene rings is 1. The van der Waals surface area contributed by atoms with Gasteiger partial charge in [0.25, 0.3) is 0 Å². The molecule has 3 rings (SSSR count). The predicted molar refractivity (Wildman–Crippen MR) is 81.3 cm³/mol. The van der Waals surface area contributed by atoms with Crippen molar-refractivity contribution in [3.63, 3.8) is 0 Å². The molecule has 0 radical (unpaired) electrons. The molecule has 0 unspecified atom stereocenters. The van der Waals surface area contributed by atoms with Crippen LogP contribution in [0.3, 0.4) is 0 Å². The third-order valence-electron chi connectivity index (χ3n) is 3.21. The minimum absolute atomic E-state index is 0.102. The summed E-state index contributed by atoms with van der Waals surface area (Å²) in [7, 11) is -3.54. The number of rotatable bonds is 3. The molecule has 2 N–H and O–H groups in total. The molecule has 6 heteroatoms. The maximum Gasteiger partial charge on any atom is 0.184 e. The van der Waals surface area contributed by atoms with E-state index in [-0.39, 0.29) is 16.3 Å². The largest absolute Gasteiger partial charge is 0.396 e. The van der Waals surface area contributed by atoms with Gasteiger partial charge in [-0.2, -0.15) is 0 Å². The first-order valence-electron chi connectivity index (χ1n) is 6.33. The molecule has 0 saturated heterocycles. The van der Waals surface area contributed by atoms with Gasteiger partial charge in [0.1, 0.15) is 0 Å². The summed E-state index contributed by atoms with van der Waals surface area (Å²) in [5, 5.41) is 0.910. The van der Waals surface area contributed by atoms with Crippen LogP contribution in [0.5, 0.6) is 0 Å². The summed E-state index contributed by atoms with van der Waals surface area (Å²) in [6, 6.07) is 10.6. The third kappa shape index (κ3) is 2.57. The summed E-state index contributed by atoms with van der Waals surface area (Å²) in [5.74, 6) is -0.143. The van der Waals surface area contributed by atoms with Crippen molar-refractivity contribution in [1.29, 1.82) is 0 Å². The topological polar surface area (TPSA) is 85.9 Å². The summed E-state index contributed by atoms with van der Waals surface area (Å²) in [6.45, 7) is 0. The van der Waals surface area contributed by atoms with Gasteiger partial charge in [-0.3, -0.25) is 9.97 Å². The Balaban J connectivity index is 2.08. The Bertz CT molecular complexity index is 902. The van der Waals surface area contributed by atoms with Crippen LogP contribution in [-0.4, -0.2) is 18.4 Å². The van der Waals surface area contributed by atoms with Gasteiger partial charge in [-0.1, -0.05) is 24.3 Å². The first-order valence-corrected chi connectivity index (χ1v) is 7.98. The monoisotopic (exact) mass is 299 g/mol. The third-order valence-corrected chi connectivity index (χ3v) is 4.94. The summed E-state index contributed by atoms with van der Waals surface area (Å²) < 4.78 is 25.1. The number of anilines is 1. The van der Waals surface area contributed by atoms with E-state index >= 15 is 0 Å². The number of aromatic nitrogens is 2. The average molecular weight is 299 g/mol. The molecule has 0 atom stereocenters. The van der Waals surface area contributed by atoms with Crippen molar-refractivity contribution in [3.8, 4) is 0 Å². The second-order valence-electron chi connectivity index (χ2n) is 4.66. The number of fused-ring (bicyclic) bond motifs is 1. The normalized spacial score (nSPS) is 11.6. The predicted octanol–water partition coefficient (Wildman–Crippen LogP) is 2.19. The molecular formula is C15H13N3O2S. The highest BCUT2D eigenvalue weighted by atomic mass is 32.2. The highest BCUT2D eigenvalue weighted by Gasteiger charge is 2.19. The van der Waals surface area contributed by atoms with Crippen LogP contribution in [0.4, 0.5) is 5.69 Å². The lowest BCUT2D eigenvalue weighted by Crippen LogP contribution is -2.08. The van der Waals surface area contributed by atoms with Crippen LogP contribution in [0.1, 0.15) is 5.56 Å². The van der Waals surface area contributed by atoms with Gasteiger partial charge in [0.05, 0.1) is 28.0 Å². The lowest BCUT2D eigenvalue weighted by molar-refractivity contribution is 0.595. The number of nitrogen functional groups attached to an aromatic ring is 1. The van der Waals surface area contributed by atoms with Crippen LogP contribution in [0.2, 0.25) is 0 Å². The van der Waals surface area contributed by atoms with E-state index in [0.29, 0.717) is 11.1 Å². The van der Waals surface area contributed by atoms with Gasteiger partial charge < -0.3 is 5.73 Å². The quantitative estimate of drug-likeness (QED) is 0.801. The molecule has 0 bridgehead atoms. The number of pyridine rings is 2. The Kier molecular flexibility index (Phi) is 3.31. The van der Waals surface area contributed by atoms with Crippen LogP contribution in [0.25, 0.3) is 10.9 Å². The number of hydrogen-bond donors (Lipinski definition) is 1. The van der Waals surface area contributed by atoms with Gasteiger partial charge >= 0.3 is 0 Å². The van der Waals surface area contributed by atoms with E-state index in [0.717, 1.165) is 5.39 Å². The molecule has 0 amide bonds. The number of nitrogens with zero attached hydrogens (tertiary/aromatic N) is 2. The Hall–Kier alpha value is -2.47. The SMILES string of the molecule is Nc1cnccc1S(=O)(=O)Cc1cccc2cccnc12. The van der Waals surface area contributed by atoms with E-state index < -0.39 is 9.84 Å². The fraction of sp³-hybridized carbons (Fsp3) is 0.0667. The number of hydrogen-bond acceptors (Lipinski definition) is 5. The van der Waals surface area contributed by atoms with E-state index in [1.165, 1.54) is 18.5 Å². The van der Waals surface area contributed by atoms with Gasteiger partial charge in [0.15, 0.2) is 9.84 Å². The summed E-state index contributed by atoms with van der Waals surface area (Å²) >= 11 is 0. The van der Waals surface area contributed by atoms with Crippen molar-refractivity contribution in [2.45, 2.75) is 10.6 Å². The summed E-state index contributed by atoms with van der Waals surface area (Å²) in [6.07, 6.45) is 4.41. The lowest BCUT2D eigenvalue weighted by atomic mass is 10.1. The fourth-order valence-electron chi connectivity index (χ4n) is 2.24. The highest BCUT2D eigenvalue weighted by Crippen LogP contribution is 2.24.